The van der Waals surface area contributed by atoms with Gasteiger partial charge in [0, 0.05) is 25.3 Å². The van der Waals surface area contributed by atoms with E-state index >= 15 is 0 Å². The van der Waals surface area contributed by atoms with Crippen LogP contribution in [0.1, 0.15) is 6.42 Å². The number of urea groups is 1. The van der Waals surface area contributed by atoms with Gasteiger partial charge in [0.2, 0.25) is 0 Å². The number of nitrogens with zero attached hydrogens (tertiary/aromatic N) is 1. The zero-order valence-corrected chi connectivity index (χ0v) is 11.1. The Kier molecular flexibility index (Phi) is 5.65. The number of morpholine rings is 1. The standard InChI is InChI=1S/C14H21N3O2/c18-14(16-13-5-2-1-3-6-13)15-7-4-8-17-9-11-19-12-10-17/h1-3,5-6H,4,7-12H2,(H2,15,16,18). The molecule has 0 saturated carbocycles. The zero-order chi connectivity index (χ0) is 13.3. The van der Waals surface area contributed by atoms with Crippen molar-refractivity contribution in [2.45, 2.75) is 6.42 Å². The van der Waals surface area contributed by atoms with Crippen molar-refractivity contribution >= 4 is 11.7 Å². The number of hydrogen-bond acceptors (Lipinski definition) is 3. The Morgan fingerprint density at radius 1 is 1.21 bits per heavy atom. The SMILES string of the molecule is O=C(NCCCN1CCOCC1)Nc1ccccc1. The summed E-state index contributed by atoms with van der Waals surface area (Å²) >= 11 is 0. The maximum Gasteiger partial charge on any atom is 0.319 e. The summed E-state index contributed by atoms with van der Waals surface area (Å²) < 4.78 is 5.29. The zero-order valence-electron chi connectivity index (χ0n) is 11.1. The summed E-state index contributed by atoms with van der Waals surface area (Å²) in [6.07, 6.45) is 0.961. The molecule has 1 aliphatic heterocycles. The van der Waals surface area contributed by atoms with Gasteiger partial charge in [0.1, 0.15) is 0 Å². The predicted molar refractivity (Wildman–Crippen MR) is 75.3 cm³/mol. The van der Waals surface area contributed by atoms with Crippen molar-refractivity contribution in [1.29, 1.82) is 0 Å². The summed E-state index contributed by atoms with van der Waals surface area (Å²) in [6, 6.07) is 9.31. The van der Waals surface area contributed by atoms with E-state index in [1.165, 1.54) is 0 Å². The van der Waals surface area contributed by atoms with Gasteiger partial charge in [-0.15, -0.1) is 0 Å². The van der Waals surface area contributed by atoms with Crippen LogP contribution in [0.5, 0.6) is 0 Å². The van der Waals surface area contributed by atoms with E-state index in [4.69, 9.17) is 4.74 Å². The first kappa shape index (κ1) is 13.8. The lowest BCUT2D eigenvalue weighted by atomic mass is 10.3. The number of rotatable bonds is 5. The van der Waals surface area contributed by atoms with E-state index in [0.717, 1.165) is 45.0 Å². The summed E-state index contributed by atoms with van der Waals surface area (Å²) in [5.74, 6) is 0. The van der Waals surface area contributed by atoms with Crippen LogP contribution in [0.4, 0.5) is 10.5 Å². The average Bonchev–Trinajstić information content (AvgIpc) is 2.46. The molecule has 0 atom stereocenters. The lowest BCUT2D eigenvalue weighted by Gasteiger charge is -2.26. The van der Waals surface area contributed by atoms with Crippen LogP contribution in [0.25, 0.3) is 0 Å². The number of hydrogen-bond donors (Lipinski definition) is 2. The summed E-state index contributed by atoms with van der Waals surface area (Å²) in [4.78, 5) is 14.0. The molecule has 104 valence electrons. The van der Waals surface area contributed by atoms with E-state index in [1.807, 2.05) is 30.3 Å². The molecule has 2 amide bonds. The van der Waals surface area contributed by atoms with Crippen molar-refractivity contribution < 1.29 is 9.53 Å². The molecule has 19 heavy (non-hydrogen) atoms. The van der Waals surface area contributed by atoms with Crippen molar-refractivity contribution in [3.63, 3.8) is 0 Å². The molecule has 1 heterocycles. The van der Waals surface area contributed by atoms with Gasteiger partial charge in [0.15, 0.2) is 0 Å². The molecule has 0 aromatic heterocycles. The van der Waals surface area contributed by atoms with Gasteiger partial charge in [-0.05, 0) is 25.1 Å². The molecule has 0 aliphatic carbocycles. The van der Waals surface area contributed by atoms with E-state index in [2.05, 4.69) is 15.5 Å². The van der Waals surface area contributed by atoms with Crippen LogP contribution < -0.4 is 10.6 Å². The van der Waals surface area contributed by atoms with Gasteiger partial charge >= 0.3 is 6.03 Å². The van der Waals surface area contributed by atoms with Gasteiger partial charge in [-0.25, -0.2) is 4.79 Å². The minimum Gasteiger partial charge on any atom is -0.379 e. The second-order valence-electron chi connectivity index (χ2n) is 4.55. The van der Waals surface area contributed by atoms with Crippen molar-refractivity contribution in [3.8, 4) is 0 Å². The lowest BCUT2D eigenvalue weighted by molar-refractivity contribution is 0.0375. The molecule has 5 heteroatoms. The largest absolute Gasteiger partial charge is 0.379 e. The summed E-state index contributed by atoms with van der Waals surface area (Å²) in [6.45, 7) is 5.33. The summed E-state index contributed by atoms with van der Waals surface area (Å²) in [7, 11) is 0. The molecule has 1 fully saturated rings. The van der Waals surface area contributed by atoms with Crippen LogP contribution in [0.2, 0.25) is 0 Å². The van der Waals surface area contributed by atoms with E-state index < -0.39 is 0 Å². The molecular formula is C14H21N3O2. The second kappa shape index (κ2) is 7.76. The monoisotopic (exact) mass is 263 g/mol. The Morgan fingerprint density at radius 2 is 1.95 bits per heavy atom. The highest BCUT2D eigenvalue weighted by Crippen LogP contribution is 2.04. The summed E-state index contributed by atoms with van der Waals surface area (Å²) in [5.41, 5.74) is 0.813. The molecule has 1 aromatic rings. The van der Waals surface area contributed by atoms with Crippen LogP contribution >= 0.6 is 0 Å². The Morgan fingerprint density at radius 3 is 2.68 bits per heavy atom. The number of carbonyl (C=O) groups is 1. The minimum absolute atomic E-state index is 0.145. The molecule has 5 nitrogen and oxygen atoms in total. The topological polar surface area (TPSA) is 53.6 Å². The molecule has 1 aliphatic rings. The van der Waals surface area contributed by atoms with Crippen molar-refractivity contribution in [1.82, 2.24) is 10.2 Å². The molecule has 2 rings (SSSR count). The van der Waals surface area contributed by atoms with Gasteiger partial charge in [0.25, 0.3) is 0 Å². The highest BCUT2D eigenvalue weighted by atomic mass is 16.5. The highest BCUT2D eigenvalue weighted by molar-refractivity contribution is 5.89. The van der Waals surface area contributed by atoms with Crippen molar-refractivity contribution in [3.05, 3.63) is 30.3 Å². The first-order chi connectivity index (χ1) is 9.34. The van der Waals surface area contributed by atoms with Gasteiger partial charge in [-0.1, -0.05) is 18.2 Å². The number of carbonyl (C=O) groups excluding carboxylic acids is 1. The Hall–Kier alpha value is -1.59. The number of nitrogens with one attached hydrogen (secondary N) is 2. The molecule has 1 saturated heterocycles. The average molecular weight is 263 g/mol. The van der Waals surface area contributed by atoms with E-state index in [9.17, 15) is 4.79 Å². The smallest absolute Gasteiger partial charge is 0.319 e. The maximum atomic E-state index is 11.6. The van der Waals surface area contributed by atoms with Crippen molar-refractivity contribution in [2.24, 2.45) is 0 Å². The van der Waals surface area contributed by atoms with Crippen LogP contribution in [-0.4, -0.2) is 50.3 Å². The Bertz CT molecular complexity index is 378. The molecule has 0 spiro atoms. The Labute approximate surface area is 113 Å². The maximum absolute atomic E-state index is 11.6. The molecular weight excluding hydrogens is 242 g/mol. The number of para-hydroxylation sites is 1. The first-order valence-electron chi connectivity index (χ1n) is 6.74. The quantitative estimate of drug-likeness (QED) is 0.792. The number of anilines is 1. The molecule has 0 bridgehead atoms. The van der Waals surface area contributed by atoms with E-state index in [0.29, 0.717) is 6.54 Å². The fourth-order valence-electron chi connectivity index (χ4n) is 2.03. The van der Waals surface area contributed by atoms with Crippen LogP contribution in [0.3, 0.4) is 0 Å². The second-order valence-corrected chi connectivity index (χ2v) is 4.55. The third-order valence-corrected chi connectivity index (χ3v) is 3.07. The predicted octanol–water partition coefficient (Wildman–Crippen LogP) is 1.53. The van der Waals surface area contributed by atoms with Gasteiger partial charge < -0.3 is 15.4 Å². The molecule has 2 N–H and O–H groups in total. The third-order valence-electron chi connectivity index (χ3n) is 3.07. The Balaban J connectivity index is 1.56. The molecule has 0 unspecified atom stereocenters. The van der Waals surface area contributed by atoms with Crippen LogP contribution in [0.15, 0.2) is 30.3 Å². The fraction of sp³-hybridized carbons (Fsp3) is 0.500. The van der Waals surface area contributed by atoms with Crippen LogP contribution in [0, 0.1) is 0 Å². The van der Waals surface area contributed by atoms with E-state index in [-0.39, 0.29) is 6.03 Å². The van der Waals surface area contributed by atoms with E-state index in [1.54, 1.807) is 0 Å². The van der Waals surface area contributed by atoms with Gasteiger partial charge in [-0.2, -0.15) is 0 Å². The number of benzene rings is 1. The van der Waals surface area contributed by atoms with Crippen LogP contribution in [-0.2, 0) is 4.74 Å². The lowest BCUT2D eigenvalue weighted by Crippen LogP contribution is -2.38. The number of ether oxygens (including phenoxy) is 1. The normalized spacial score (nSPS) is 16.0. The van der Waals surface area contributed by atoms with Gasteiger partial charge in [0.05, 0.1) is 13.2 Å². The third kappa shape index (κ3) is 5.28. The molecule has 1 aromatic carbocycles. The minimum atomic E-state index is -0.145. The highest BCUT2D eigenvalue weighted by Gasteiger charge is 2.09. The van der Waals surface area contributed by atoms with Gasteiger partial charge in [-0.3, -0.25) is 4.90 Å². The molecule has 0 radical (unpaired) electrons. The first-order valence-corrected chi connectivity index (χ1v) is 6.74. The number of amides is 2. The van der Waals surface area contributed by atoms with Crippen molar-refractivity contribution in [2.75, 3.05) is 44.7 Å². The fourth-order valence-corrected chi connectivity index (χ4v) is 2.03. The summed E-state index contributed by atoms with van der Waals surface area (Å²) in [5, 5.41) is 5.66.